The number of rotatable bonds is 0. The average Bonchev–Trinajstić information content (AvgIpc) is 1.83. The second kappa shape index (κ2) is 43.5. The first-order valence-electron chi connectivity index (χ1n) is 39.4. The molecule has 0 atom stereocenters. The van der Waals surface area contributed by atoms with Crippen LogP contribution in [-0.4, -0.2) is 173 Å². The van der Waals surface area contributed by atoms with Crippen molar-refractivity contribution < 1.29 is 9.47 Å². The minimum Gasteiger partial charge on any atom is -0.355 e. The molecule has 0 amide bonds. The van der Waals surface area contributed by atoms with Gasteiger partial charge in [-0.05, 0) is 248 Å². The van der Waals surface area contributed by atoms with Crippen molar-refractivity contribution in [3.8, 4) is 0 Å². The predicted molar refractivity (Wildman–Crippen MR) is 426 cm³/mol. The van der Waals surface area contributed by atoms with Crippen LogP contribution in [0, 0.1) is 70.4 Å². The molecule has 0 bridgehead atoms. The molecule has 12 aliphatic rings. The van der Waals surface area contributed by atoms with Crippen LogP contribution in [0.4, 0.5) is 0 Å². The van der Waals surface area contributed by atoms with Gasteiger partial charge in [0.1, 0.15) is 6.79 Å². The van der Waals surface area contributed by atoms with E-state index >= 15 is 0 Å². The van der Waals surface area contributed by atoms with Crippen LogP contribution < -0.4 is 21.3 Å². The van der Waals surface area contributed by atoms with Gasteiger partial charge in [0.05, 0.1) is 13.2 Å². The molecule has 0 unspecified atom stereocenters. The standard InChI is InChI=1S/2C8H17N.3C7H15N.C7H14.C7H12.2C6H13N.C6H12O2.C6H12.C5H11N.C5H12/c1-8(2)4-6-9(3)7-5-8;1-8(2)5-4-6-9(3)7-8;1-7(2)4-5-8(3)6-7;1-7(2)3-5-8-6-4-7;1-7(2)4-3-5-8-6-7;2*1-7(2)5-3-4-6-7;1-6(2)4-7(3)5-6;1-6(2)3-4-7-5-6;1-6(2)3-7-5-8-4-6;1-6(2)4-3-5-6;1-5(2)3-6-4-5;1-5(2,3)4/h2*4-7H2,1-3H3;4-6H2,1-3H3;2*8H,3-6H2,1-2H3;3-6H2,1-2H3;3-4H,5-6H2,1-2H3;4-5H2,1-3H3;7H,3-5H2,1-2H3;3-5H2,1-2H3;3-5H2,1-2H3;6H,3-4H2,1-2H3;1-4H3. The molecule has 2 saturated carbocycles. The highest BCUT2D eigenvalue weighted by Gasteiger charge is 2.32. The van der Waals surface area contributed by atoms with Crippen molar-refractivity contribution in [2.75, 3.05) is 153 Å². The number of allylic oxidation sites excluding steroid dienone is 2. The van der Waals surface area contributed by atoms with Gasteiger partial charge in [-0.25, -0.2) is 0 Å². The Kier molecular flexibility index (Phi) is 43.1. The third kappa shape index (κ3) is 56.6. The molecule has 9 aliphatic heterocycles. The lowest BCUT2D eigenvalue weighted by molar-refractivity contribution is -0.153. The Bertz CT molecular complexity index is 1780. The summed E-state index contributed by atoms with van der Waals surface area (Å²) in [5.41, 5.74) is 7.52. The third-order valence-electron chi connectivity index (χ3n) is 20.6. The first-order valence-corrected chi connectivity index (χ1v) is 39.4. The molecule has 570 valence electrons. The fourth-order valence-electron chi connectivity index (χ4n) is 13.5. The Morgan fingerprint density at radius 3 is 0.758 bits per heavy atom. The highest BCUT2D eigenvalue weighted by atomic mass is 16.7. The molecule has 11 fully saturated rings. The molecule has 9 saturated heterocycles. The normalized spacial score (nSPS) is 27.4. The Labute approximate surface area is 598 Å². The molecule has 4 N–H and O–H groups in total. The van der Waals surface area contributed by atoms with E-state index in [2.05, 4.69) is 275 Å². The van der Waals surface area contributed by atoms with Gasteiger partial charge in [-0.1, -0.05) is 225 Å². The molecule has 10 nitrogen and oxygen atoms in total. The van der Waals surface area contributed by atoms with Gasteiger partial charge in [0.25, 0.3) is 0 Å². The summed E-state index contributed by atoms with van der Waals surface area (Å²) in [6.07, 6.45) is 30.9. The third-order valence-corrected chi connectivity index (χ3v) is 20.6. The second-order valence-corrected chi connectivity index (χ2v) is 43.1. The minimum absolute atomic E-state index is 0.234. The quantitative estimate of drug-likeness (QED) is 0.176. The van der Waals surface area contributed by atoms with Crippen LogP contribution in [0.5, 0.6) is 0 Å². The Balaban J connectivity index is 0.00000101. The van der Waals surface area contributed by atoms with Gasteiger partial charge >= 0.3 is 0 Å². The zero-order valence-electron chi connectivity index (χ0n) is 71.1. The fourth-order valence-corrected chi connectivity index (χ4v) is 13.5. The van der Waals surface area contributed by atoms with E-state index in [0.717, 1.165) is 18.6 Å². The second-order valence-electron chi connectivity index (χ2n) is 43.1. The van der Waals surface area contributed by atoms with Crippen LogP contribution in [0.3, 0.4) is 0 Å². The number of ether oxygens (including phenoxy) is 2. The van der Waals surface area contributed by atoms with Crippen LogP contribution in [0.15, 0.2) is 12.2 Å². The van der Waals surface area contributed by atoms with Crippen molar-refractivity contribution in [3.63, 3.8) is 0 Å². The van der Waals surface area contributed by atoms with Crippen molar-refractivity contribution in [1.29, 1.82) is 0 Å². The molecule has 9 heterocycles. The molecule has 0 radical (unpaired) electrons. The highest BCUT2D eigenvalue weighted by molar-refractivity contribution is 4.98. The van der Waals surface area contributed by atoms with E-state index in [0.29, 0.717) is 66.4 Å². The average molecular weight is 1340 g/mol. The van der Waals surface area contributed by atoms with Crippen molar-refractivity contribution >= 4 is 0 Å². The number of hydrogen-bond donors (Lipinski definition) is 4. The number of nitrogens with zero attached hydrogens (tertiary/aromatic N) is 4. The van der Waals surface area contributed by atoms with Crippen LogP contribution in [-0.2, 0) is 9.47 Å². The minimum atomic E-state index is 0.234. The number of hydrogen-bond acceptors (Lipinski definition) is 10. The van der Waals surface area contributed by atoms with E-state index in [4.69, 9.17) is 9.47 Å². The Morgan fingerprint density at radius 1 is 0.274 bits per heavy atom. The molecular weight excluding hydrogens is 1160 g/mol. The van der Waals surface area contributed by atoms with Gasteiger partial charge in [-0.15, -0.1) is 0 Å². The SMILES string of the molecule is CC(C)(C)C.CC1(C)CC=CC1.CC1(C)CCC1.CC1(C)CCCC1.CC1(C)CCCNC1.CC1(C)CCNC1.CC1(C)CCNCC1.CC1(C)CNC1.CC1(C)COCOC1.CN1CC(C)(C)C1.CN1CCC(C)(C)C1.CN1CCC(C)(C)CC1.CN1CCCC(C)(C)C1. The Hall–Kier alpha value is -0.660. The molecule has 0 spiro atoms. The molecule has 0 aromatic carbocycles. The number of piperidine rings is 4. The summed E-state index contributed by atoms with van der Waals surface area (Å²) < 4.78 is 10.1. The summed E-state index contributed by atoms with van der Waals surface area (Å²) in [7, 11) is 8.76. The summed E-state index contributed by atoms with van der Waals surface area (Å²) in [6, 6.07) is 0. The van der Waals surface area contributed by atoms with E-state index in [1.807, 2.05) is 0 Å². The van der Waals surface area contributed by atoms with Crippen LogP contribution in [0.2, 0.25) is 0 Å². The molecule has 0 aromatic heterocycles. The monoisotopic (exact) mass is 1340 g/mol. The lowest BCUT2D eigenvalue weighted by atomic mass is 9.72. The summed E-state index contributed by atoms with van der Waals surface area (Å²) in [4.78, 5) is 9.55. The van der Waals surface area contributed by atoms with Crippen LogP contribution >= 0.6 is 0 Å². The van der Waals surface area contributed by atoms with E-state index in [9.17, 15) is 0 Å². The molecule has 10 heteroatoms. The van der Waals surface area contributed by atoms with Crippen LogP contribution in [0.1, 0.15) is 316 Å². The van der Waals surface area contributed by atoms with Gasteiger partial charge in [-0.2, -0.15) is 0 Å². The highest BCUT2D eigenvalue weighted by Crippen LogP contribution is 2.39. The lowest BCUT2D eigenvalue weighted by Crippen LogP contribution is -2.50. The lowest BCUT2D eigenvalue weighted by Gasteiger charge is -2.43. The molecule has 3 aliphatic carbocycles. The summed E-state index contributed by atoms with van der Waals surface area (Å²) in [6.45, 7) is 86.2. The van der Waals surface area contributed by atoms with E-state index in [-0.39, 0.29) is 5.41 Å². The van der Waals surface area contributed by atoms with Crippen molar-refractivity contribution in [1.82, 2.24) is 40.9 Å². The first-order chi connectivity index (χ1) is 43.1. The van der Waals surface area contributed by atoms with Gasteiger partial charge < -0.3 is 50.3 Å². The van der Waals surface area contributed by atoms with Crippen molar-refractivity contribution in [2.45, 2.75) is 316 Å². The van der Waals surface area contributed by atoms with Gasteiger partial charge in [0, 0.05) is 57.8 Å². The smallest absolute Gasteiger partial charge is 0.146 e. The number of likely N-dealkylation sites (tertiary alicyclic amines) is 4. The van der Waals surface area contributed by atoms with Gasteiger partial charge in [-0.3, -0.25) is 0 Å². The molecular formula is C85H178N8O2. The van der Waals surface area contributed by atoms with E-state index in [1.165, 1.54) is 227 Å². The topological polar surface area (TPSA) is 79.5 Å². The predicted octanol–water partition coefficient (Wildman–Crippen LogP) is 20.4. The maximum Gasteiger partial charge on any atom is 0.146 e. The largest absolute Gasteiger partial charge is 0.355 e. The Morgan fingerprint density at radius 2 is 0.600 bits per heavy atom. The fraction of sp³-hybridized carbons (Fsp3) is 0.976. The van der Waals surface area contributed by atoms with Gasteiger partial charge in [0.15, 0.2) is 0 Å². The van der Waals surface area contributed by atoms with Crippen molar-refractivity contribution in [3.05, 3.63) is 12.2 Å². The zero-order valence-corrected chi connectivity index (χ0v) is 71.1. The van der Waals surface area contributed by atoms with E-state index in [1.54, 1.807) is 0 Å². The molecule has 95 heavy (non-hydrogen) atoms. The zero-order chi connectivity index (χ0) is 73.3. The summed E-state index contributed by atoms with van der Waals surface area (Å²) in [5.74, 6) is 0. The maximum absolute atomic E-state index is 5.06. The maximum atomic E-state index is 5.06. The summed E-state index contributed by atoms with van der Waals surface area (Å²) >= 11 is 0. The first kappa shape index (κ1) is 94.3. The summed E-state index contributed by atoms with van der Waals surface area (Å²) in [5, 5.41) is 13.2. The van der Waals surface area contributed by atoms with Crippen molar-refractivity contribution in [2.24, 2.45) is 70.4 Å². The van der Waals surface area contributed by atoms with Crippen LogP contribution in [0.25, 0.3) is 0 Å². The number of nitrogens with one attached hydrogen (secondary N) is 4. The van der Waals surface area contributed by atoms with Gasteiger partial charge in [0.2, 0.25) is 0 Å². The molecule has 12 rings (SSSR count). The van der Waals surface area contributed by atoms with E-state index < -0.39 is 0 Å². The molecule has 0 aromatic rings.